The van der Waals surface area contributed by atoms with Gasteiger partial charge in [-0.15, -0.1) is 0 Å². The van der Waals surface area contributed by atoms with Crippen LogP contribution in [-0.4, -0.2) is 54.6 Å². The lowest BCUT2D eigenvalue weighted by atomic mass is 10.4. The van der Waals surface area contributed by atoms with E-state index in [0.717, 1.165) is 6.20 Å². The summed E-state index contributed by atoms with van der Waals surface area (Å²) in [6, 6.07) is 0. The fraction of sp³-hybridized carbons (Fsp3) is 0.545. The van der Waals surface area contributed by atoms with Crippen LogP contribution in [0.1, 0.15) is 16.9 Å². The molecular formula is C11H16N2O5. The number of aromatic carboxylic acids is 1. The Labute approximate surface area is 105 Å². The van der Waals surface area contributed by atoms with Crippen molar-refractivity contribution in [3.8, 4) is 5.88 Å². The average molecular weight is 256 g/mol. The second kappa shape index (κ2) is 8.37. The highest BCUT2D eigenvalue weighted by atomic mass is 16.5. The summed E-state index contributed by atoms with van der Waals surface area (Å²) in [6.07, 6.45) is 3.16. The maximum absolute atomic E-state index is 10.5. The number of methoxy groups -OCH3 is 1. The van der Waals surface area contributed by atoms with Gasteiger partial charge in [0.15, 0.2) is 5.69 Å². The minimum atomic E-state index is -1.11. The van der Waals surface area contributed by atoms with Crippen molar-refractivity contribution in [2.24, 2.45) is 0 Å². The van der Waals surface area contributed by atoms with E-state index < -0.39 is 5.97 Å². The van der Waals surface area contributed by atoms with Gasteiger partial charge in [0.25, 0.3) is 0 Å². The van der Waals surface area contributed by atoms with Gasteiger partial charge in [-0.1, -0.05) is 0 Å². The van der Waals surface area contributed by atoms with Gasteiger partial charge in [0, 0.05) is 20.1 Å². The summed E-state index contributed by atoms with van der Waals surface area (Å²) < 4.78 is 15.3. The first kappa shape index (κ1) is 14.3. The van der Waals surface area contributed by atoms with E-state index in [9.17, 15) is 4.79 Å². The van der Waals surface area contributed by atoms with E-state index in [1.54, 1.807) is 7.11 Å². The van der Waals surface area contributed by atoms with Gasteiger partial charge in [0.05, 0.1) is 32.2 Å². The average Bonchev–Trinajstić information content (AvgIpc) is 2.38. The minimum absolute atomic E-state index is 0.106. The highest BCUT2D eigenvalue weighted by Crippen LogP contribution is 2.04. The van der Waals surface area contributed by atoms with E-state index >= 15 is 0 Å². The van der Waals surface area contributed by atoms with Crippen LogP contribution in [0.3, 0.4) is 0 Å². The quantitative estimate of drug-likeness (QED) is 0.647. The van der Waals surface area contributed by atoms with E-state index in [2.05, 4.69) is 9.97 Å². The van der Waals surface area contributed by atoms with Crippen molar-refractivity contribution in [2.45, 2.75) is 6.42 Å². The van der Waals surface area contributed by atoms with Gasteiger partial charge in [-0.3, -0.25) is 0 Å². The Morgan fingerprint density at radius 1 is 1.22 bits per heavy atom. The molecule has 7 nitrogen and oxygen atoms in total. The van der Waals surface area contributed by atoms with Gasteiger partial charge >= 0.3 is 5.97 Å². The van der Waals surface area contributed by atoms with Crippen LogP contribution in [0.5, 0.6) is 5.88 Å². The van der Waals surface area contributed by atoms with Crippen molar-refractivity contribution in [1.82, 2.24) is 9.97 Å². The molecule has 18 heavy (non-hydrogen) atoms. The highest BCUT2D eigenvalue weighted by molar-refractivity contribution is 5.84. The molecule has 0 saturated carbocycles. The second-order valence-corrected chi connectivity index (χ2v) is 3.35. The van der Waals surface area contributed by atoms with Gasteiger partial charge in [-0.05, 0) is 0 Å². The maximum atomic E-state index is 10.5. The molecule has 0 unspecified atom stereocenters. The van der Waals surface area contributed by atoms with Crippen LogP contribution in [0.25, 0.3) is 0 Å². The predicted molar refractivity (Wildman–Crippen MR) is 61.8 cm³/mol. The summed E-state index contributed by atoms with van der Waals surface area (Å²) >= 11 is 0. The summed E-state index contributed by atoms with van der Waals surface area (Å²) in [5.41, 5.74) is -0.106. The molecule has 0 fully saturated rings. The molecule has 0 aromatic carbocycles. The SMILES string of the molecule is COCCOCCCOc1cnc(C(=O)O)cn1. The Hall–Kier alpha value is -1.73. The zero-order chi connectivity index (χ0) is 13.2. The van der Waals surface area contributed by atoms with E-state index in [1.165, 1.54) is 6.20 Å². The predicted octanol–water partition coefficient (Wildman–Crippen LogP) is 0.607. The topological polar surface area (TPSA) is 90.8 Å². The lowest BCUT2D eigenvalue weighted by molar-refractivity contribution is 0.0641. The van der Waals surface area contributed by atoms with Gasteiger partial charge in [0.2, 0.25) is 5.88 Å². The van der Waals surface area contributed by atoms with Gasteiger partial charge in [0.1, 0.15) is 0 Å². The van der Waals surface area contributed by atoms with Crippen molar-refractivity contribution in [3.63, 3.8) is 0 Å². The number of ether oxygens (including phenoxy) is 3. The standard InChI is InChI=1S/C11H16N2O5/c1-16-5-6-17-3-2-4-18-10-8-12-9(7-13-10)11(14)15/h7-8H,2-6H2,1H3,(H,14,15). The van der Waals surface area contributed by atoms with Crippen LogP contribution in [0.2, 0.25) is 0 Å². The van der Waals surface area contributed by atoms with Gasteiger partial charge < -0.3 is 19.3 Å². The van der Waals surface area contributed by atoms with Gasteiger partial charge in [-0.2, -0.15) is 0 Å². The van der Waals surface area contributed by atoms with Crippen LogP contribution < -0.4 is 4.74 Å². The van der Waals surface area contributed by atoms with Crippen molar-refractivity contribution in [3.05, 3.63) is 18.1 Å². The highest BCUT2D eigenvalue weighted by Gasteiger charge is 2.04. The zero-order valence-electron chi connectivity index (χ0n) is 10.2. The normalized spacial score (nSPS) is 10.3. The first-order valence-electron chi connectivity index (χ1n) is 5.49. The monoisotopic (exact) mass is 256 g/mol. The number of carboxylic acids is 1. The molecule has 1 rings (SSSR count). The van der Waals surface area contributed by atoms with Crippen LogP contribution in [-0.2, 0) is 9.47 Å². The van der Waals surface area contributed by atoms with Crippen molar-refractivity contribution in [2.75, 3.05) is 33.5 Å². The third-order valence-electron chi connectivity index (χ3n) is 1.96. The van der Waals surface area contributed by atoms with E-state index in [-0.39, 0.29) is 5.69 Å². The molecule has 0 atom stereocenters. The first-order valence-corrected chi connectivity index (χ1v) is 5.49. The Kier molecular flexibility index (Phi) is 6.67. The molecule has 100 valence electrons. The summed E-state index contributed by atoms with van der Waals surface area (Å²) in [7, 11) is 1.62. The third-order valence-corrected chi connectivity index (χ3v) is 1.96. The third kappa shape index (κ3) is 5.55. The summed E-state index contributed by atoms with van der Waals surface area (Å²) in [4.78, 5) is 18.0. The van der Waals surface area contributed by atoms with E-state index in [4.69, 9.17) is 19.3 Å². The lowest BCUT2D eigenvalue weighted by Crippen LogP contribution is -2.08. The van der Waals surface area contributed by atoms with Crippen LogP contribution in [0.15, 0.2) is 12.4 Å². The molecule has 0 aliphatic carbocycles. The maximum Gasteiger partial charge on any atom is 0.356 e. The summed E-state index contributed by atoms with van der Waals surface area (Å²) in [5.74, 6) is -0.808. The van der Waals surface area contributed by atoms with Crippen molar-refractivity contribution in [1.29, 1.82) is 0 Å². The van der Waals surface area contributed by atoms with E-state index in [1.807, 2.05) is 0 Å². The van der Waals surface area contributed by atoms with E-state index in [0.29, 0.717) is 38.7 Å². The summed E-state index contributed by atoms with van der Waals surface area (Å²) in [6.45, 7) is 2.14. The molecule has 7 heteroatoms. The molecule has 0 radical (unpaired) electrons. The minimum Gasteiger partial charge on any atom is -0.476 e. The zero-order valence-corrected chi connectivity index (χ0v) is 10.2. The molecule has 0 saturated heterocycles. The van der Waals surface area contributed by atoms with Crippen LogP contribution in [0.4, 0.5) is 0 Å². The summed E-state index contributed by atoms with van der Waals surface area (Å²) in [5, 5.41) is 8.62. The van der Waals surface area contributed by atoms with Crippen molar-refractivity contribution >= 4 is 5.97 Å². The smallest absolute Gasteiger partial charge is 0.356 e. The number of aromatic nitrogens is 2. The molecule has 0 bridgehead atoms. The molecule has 0 amide bonds. The Morgan fingerprint density at radius 3 is 2.67 bits per heavy atom. The second-order valence-electron chi connectivity index (χ2n) is 3.35. The number of hydrogen-bond donors (Lipinski definition) is 1. The molecule has 1 aromatic rings. The largest absolute Gasteiger partial charge is 0.476 e. The number of carbonyl (C=O) groups is 1. The lowest BCUT2D eigenvalue weighted by Gasteiger charge is -2.05. The molecule has 1 N–H and O–H groups in total. The van der Waals surface area contributed by atoms with Crippen LogP contribution in [0, 0.1) is 0 Å². The van der Waals surface area contributed by atoms with Crippen molar-refractivity contribution < 1.29 is 24.1 Å². The molecule has 1 aromatic heterocycles. The molecule has 0 aliphatic rings. The number of hydrogen-bond acceptors (Lipinski definition) is 6. The number of nitrogens with zero attached hydrogens (tertiary/aromatic N) is 2. The Bertz CT molecular complexity index is 355. The van der Waals surface area contributed by atoms with Crippen LogP contribution >= 0.6 is 0 Å². The fourth-order valence-corrected chi connectivity index (χ4v) is 1.08. The molecular weight excluding hydrogens is 240 g/mol. The molecule has 1 heterocycles. The number of rotatable bonds is 9. The molecule has 0 spiro atoms. The van der Waals surface area contributed by atoms with Gasteiger partial charge in [-0.25, -0.2) is 14.8 Å². The molecule has 0 aliphatic heterocycles. The first-order chi connectivity index (χ1) is 8.74. The fourth-order valence-electron chi connectivity index (χ4n) is 1.08. The Balaban J connectivity index is 2.14. The number of carboxylic acid groups (broad SMARTS) is 1. The Morgan fingerprint density at radius 2 is 2.06 bits per heavy atom.